The molecule has 7 aromatic rings. The first-order chi connectivity index (χ1) is 21.8. The van der Waals surface area contributed by atoms with Crippen LogP contribution in [0.3, 0.4) is 0 Å². The molecule has 5 aromatic carbocycles. The number of hydrogen-bond acceptors (Lipinski definition) is 5. The van der Waals surface area contributed by atoms with Crippen LogP contribution in [0.1, 0.15) is 27.8 Å². The van der Waals surface area contributed by atoms with Crippen molar-refractivity contribution in [2.45, 2.75) is 15.2 Å². The summed E-state index contributed by atoms with van der Waals surface area (Å²) in [5.41, 5.74) is 7.63. The fourth-order valence-corrected chi connectivity index (χ4v) is 7.66. The molecule has 0 aliphatic carbocycles. The van der Waals surface area contributed by atoms with Gasteiger partial charge >= 0.3 is 0 Å². The molecule has 0 saturated carbocycles. The number of para-hydroxylation sites is 1. The smallest absolute Gasteiger partial charge is 0.161 e. The molecule has 0 spiro atoms. The van der Waals surface area contributed by atoms with Crippen molar-refractivity contribution in [2.24, 2.45) is 0 Å². The number of fused-ring (bicyclic) bond motifs is 3. The van der Waals surface area contributed by atoms with Gasteiger partial charge in [0.2, 0.25) is 0 Å². The Morgan fingerprint density at radius 3 is 2.09 bits per heavy atom. The lowest BCUT2D eigenvalue weighted by molar-refractivity contribution is 0.702. The highest BCUT2D eigenvalue weighted by Gasteiger charge is 2.44. The first kappa shape index (κ1) is 26.1. The van der Waals surface area contributed by atoms with E-state index in [-0.39, 0.29) is 0 Å². The summed E-state index contributed by atoms with van der Waals surface area (Å²) in [6, 6.07) is 48.4. The van der Waals surface area contributed by atoms with Gasteiger partial charge in [0.1, 0.15) is 0 Å². The summed E-state index contributed by atoms with van der Waals surface area (Å²) in [4.78, 5) is 16.7. The van der Waals surface area contributed by atoms with Crippen LogP contribution in [0.25, 0.3) is 33.5 Å². The topological polar surface area (TPSA) is 62.5 Å². The number of rotatable bonds is 4. The number of aromatic nitrogens is 3. The quantitative estimate of drug-likeness (QED) is 0.208. The van der Waals surface area contributed by atoms with E-state index in [1.165, 1.54) is 10.5 Å². The maximum atomic E-state index is 10.7. The van der Waals surface area contributed by atoms with Gasteiger partial charge in [0.25, 0.3) is 0 Å². The zero-order valence-corrected chi connectivity index (χ0v) is 24.4. The molecule has 8 rings (SSSR count). The molecule has 3 heterocycles. The van der Waals surface area contributed by atoms with Crippen molar-refractivity contribution >= 4 is 22.7 Å². The van der Waals surface area contributed by atoms with Crippen molar-refractivity contribution < 1.29 is 0 Å². The average Bonchev–Trinajstić information content (AvgIpc) is 3.10. The summed E-state index contributed by atoms with van der Waals surface area (Å²) in [6.07, 6.45) is 3.61. The van der Waals surface area contributed by atoms with Gasteiger partial charge in [0.05, 0.1) is 28.3 Å². The second kappa shape index (κ2) is 10.6. The monoisotopic (exact) mass is 580 g/mol. The summed E-state index contributed by atoms with van der Waals surface area (Å²) in [7, 11) is 0. The summed E-state index contributed by atoms with van der Waals surface area (Å²) < 4.78 is 0. The van der Waals surface area contributed by atoms with Gasteiger partial charge in [-0.25, -0.2) is 9.97 Å². The van der Waals surface area contributed by atoms with Crippen LogP contribution in [0, 0.1) is 11.3 Å². The summed E-state index contributed by atoms with van der Waals surface area (Å²) in [5.74, 6) is 0.578. The standard InChI is InChI=1S/C39H24N4S/c40-24-27-22-33-36(23-31(27)37-30(17-11-21-41-37)38-42-25-26-12-7-9-19-34(26)43-38)44-35-20-10-8-18-32(35)39(33,28-13-3-1-4-14-28)29-15-5-2-6-16-29/h1-23,25H. The SMILES string of the molecule is N#Cc1cc2c(cc1-c1ncccc1-c1ncc3ccccc3n1)Sc1ccccc1C2(c1ccccc1)c1ccccc1. The molecule has 0 fully saturated rings. The average molecular weight is 581 g/mol. The van der Waals surface area contributed by atoms with Gasteiger partial charge in [-0.1, -0.05) is 109 Å². The van der Waals surface area contributed by atoms with Crippen molar-refractivity contribution in [3.8, 4) is 28.7 Å². The summed E-state index contributed by atoms with van der Waals surface area (Å²) in [6.45, 7) is 0. The molecule has 206 valence electrons. The molecule has 0 amide bonds. The Morgan fingerprint density at radius 1 is 0.614 bits per heavy atom. The lowest BCUT2D eigenvalue weighted by Crippen LogP contribution is -2.34. The molecule has 1 aliphatic heterocycles. The number of nitrogens with zero attached hydrogens (tertiary/aromatic N) is 4. The van der Waals surface area contributed by atoms with E-state index in [1.807, 2.05) is 54.7 Å². The molecule has 2 aromatic heterocycles. The van der Waals surface area contributed by atoms with E-state index in [0.717, 1.165) is 43.6 Å². The van der Waals surface area contributed by atoms with Crippen LogP contribution < -0.4 is 0 Å². The Balaban J connectivity index is 1.41. The second-order valence-electron chi connectivity index (χ2n) is 10.7. The highest BCUT2D eigenvalue weighted by Crippen LogP contribution is 2.56. The predicted molar refractivity (Wildman–Crippen MR) is 175 cm³/mol. The van der Waals surface area contributed by atoms with Gasteiger partial charge in [-0.15, -0.1) is 0 Å². The maximum Gasteiger partial charge on any atom is 0.161 e. The van der Waals surface area contributed by atoms with Crippen LogP contribution in [-0.4, -0.2) is 15.0 Å². The van der Waals surface area contributed by atoms with Crippen LogP contribution in [-0.2, 0) is 5.41 Å². The van der Waals surface area contributed by atoms with E-state index >= 15 is 0 Å². The van der Waals surface area contributed by atoms with E-state index in [2.05, 4.69) is 91.0 Å². The molecule has 4 nitrogen and oxygen atoms in total. The molecule has 0 unspecified atom stereocenters. The van der Waals surface area contributed by atoms with Crippen LogP contribution in [0.2, 0.25) is 0 Å². The molecule has 44 heavy (non-hydrogen) atoms. The van der Waals surface area contributed by atoms with E-state index in [0.29, 0.717) is 17.1 Å². The summed E-state index contributed by atoms with van der Waals surface area (Å²) >= 11 is 1.74. The van der Waals surface area contributed by atoms with Crippen molar-refractivity contribution in [2.75, 3.05) is 0 Å². The largest absolute Gasteiger partial charge is 0.255 e. The molecule has 0 N–H and O–H groups in total. The highest BCUT2D eigenvalue weighted by atomic mass is 32.2. The molecular formula is C39H24N4S. The van der Waals surface area contributed by atoms with Gasteiger partial charge in [0, 0.05) is 38.7 Å². The third-order valence-corrected chi connectivity index (χ3v) is 9.50. The van der Waals surface area contributed by atoms with Gasteiger partial charge in [-0.05, 0) is 58.7 Å². The van der Waals surface area contributed by atoms with Crippen LogP contribution >= 0.6 is 11.8 Å². The van der Waals surface area contributed by atoms with E-state index in [1.54, 1.807) is 18.0 Å². The molecule has 0 saturated heterocycles. The molecule has 0 radical (unpaired) electrons. The molecular weight excluding hydrogens is 557 g/mol. The maximum absolute atomic E-state index is 10.7. The minimum atomic E-state index is -0.613. The minimum absolute atomic E-state index is 0.556. The van der Waals surface area contributed by atoms with Crippen molar-refractivity contribution in [1.29, 1.82) is 5.26 Å². The Hall–Kier alpha value is -5.57. The summed E-state index contributed by atoms with van der Waals surface area (Å²) in [5, 5.41) is 11.6. The fourth-order valence-electron chi connectivity index (χ4n) is 6.44. The lowest BCUT2D eigenvalue weighted by atomic mass is 9.64. The number of nitriles is 1. The van der Waals surface area contributed by atoms with Gasteiger partial charge in [-0.3, -0.25) is 4.98 Å². The second-order valence-corrected chi connectivity index (χ2v) is 11.8. The molecule has 5 heteroatoms. The highest BCUT2D eigenvalue weighted by molar-refractivity contribution is 7.99. The van der Waals surface area contributed by atoms with Crippen molar-refractivity contribution in [1.82, 2.24) is 15.0 Å². The molecule has 0 atom stereocenters. The van der Waals surface area contributed by atoms with Gasteiger partial charge in [0.15, 0.2) is 5.82 Å². The van der Waals surface area contributed by atoms with Gasteiger partial charge in [-0.2, -0.15) is 5.26 Å². The van der Waals surface area contributed by atoms with Crippen LogP contribution in [0.15, 0.2) is 156 Å². The first-order valence-electron chi connectivity index (χ1n) is 14.4. The Labute approximate surface area is 259 Å². The first-order valence-corrected chi connectivity index (χ1v) is 15.2. The lowest BCUT2D eigenvalue weighted by Gasteiger charge is -2.42. The van der Waals surface area contributed by atoms with E-state index in [9.17, 15) is 5.26 Å². The minimum Gasteiger partial charge on any atom is -0.255 e. The Kier molecular flexibility index (Phi) is 6.29. The molecule has 1 aliphatic rings. The van der Waals surface area contributed by atoms with E-state index < -0.39 is 5.41 Å². The Morgan fingerprint density at radius 2 is 1.32 bits per heavy atom. The zero-order chi connectivity index (χ0) is 29.5. The molecule has 0 bridgehead atoms. The Bertz CT molecular complexity index is 2180. The van der Waals surface area contributed by atoms with Crippen LogP contribution in [0.5, 0.6) is 0 Å². The van der Waals surface area contributed by atoms with Crippen molar-refractivity contribution in [3.05, 3.63) is 174 Å². The van der Waals surface area contributed by atoms with Crippen LogP contribution in [0.4, 0.5) is 0 Å². The zero-order valence-electron chi connectivity index (χ0n) is 23.6. The third kappa shape index (κ3) is 4.04. The number of benzene rings is 5. The number of hydrogen-bond donors (Lipinski definition) is 0. The number of pyridine rings is 1. The van der Waals surface area contributed by atoms with Gasteiger partial charge < -0.3 is 0 Å². The third-order valence-electron chi connectivity index (χ3n) is 8.36. The normalized spacial score (nSPS) is 13.1. The predicted octanol–water partition coefficient (Wildman–Crippen LogP) is 9.08. The van der Waals surface area contributed by atoms with E-state index in [4.69, 9.17) is 15.0 Å². The fraction of sp³-hybridized carbons (Fsp3) is 0.0256. The van der Waals surface area contributed by atoms with Crippen molar-refractivity contribution in [3.63, 3.8) is 0 Å².